The molecule has 0 spiro atoms. The number of nitriles is 1. The molecule has 152 valence electrons. The zero-order valence-electron chi connectivity index (χ0n) is 17.2. The molecular formula is C21H29N3O4. The van der Waals surface area contributed by atoms with Gasteiger partial charge in [0.1, 0.15) is 11.6 Å². The van der Waals surface area contributed by atoms with Gasteiger partial charge in [0.15, 0.2) is 0 Å². The largest absolute Gasteiger partial charge is 0.469 e. The number of methoxy groups -OCH3 is 1. The maximum atomic E-state index is 12.6. The molecule has 1 amide bonds. The number of nitrogens with zero attached hydrogens (tertiary/aromatic N) is 3. The molecule has 1 aliphatic heterocycles. The fourth-order valence-electron chi connectivity index (χ4n) is 3.41. The number of rotatable bonds is 8. The molecule has 1 atom stereocenters. The van der Waals surface area contributed by atoms with Gasteiger partial charge in [0.25, 0.3) is 5.91 Å². The summed E-state index contributed by atoms with van der Waals surface area (Å²) >= 11 is 0. The number of carbonyl (C=O) groups excluding carboxylic acids is 2. The Labute approximate surface area is 166 Å². The summed E-state index contributed by atoms with van der Waals surface area (Å²) in [6.07, 6.45) is 4.74. The Morgan fingerprint density at radius 3 is 2.82 bits per heavy atom. The topological polar surface area (TPSA) is 84.6 Å². The Morgan fingerprint density at radius 1 is 1.46 bits per heavy atom. The first-order chi connectivity index (χ1) is 13.4. The van der Waals surface area contributed by atoms with Gasteiger partial charge in [-0.1, -0.05) is 0 Å². The predicted octanol–water partition coefficient (Wildman–Crippen LogP) is 2.60. The van der Waals surface area contributed by atoms with Crippen molar-refractivity contribution in [1.82, 2.24) is 9.47 Å². The highest BCUT2D eigenvalue weighted by atomic mass is 16.5. The van der Waals surface area contributed by atoms with Gasteiger partial charge in [-0.05, 0) is 50.8 Å². The van der Waals surface area contributed by atoms with Crippen LogP contribution in [0, 0.1) is 25.2 Å². The third-order valence-corrected chi connectivity index (χ3v) is 5.12. The van der Waals surface area contributed by atoms with Crippen molar-refractivity contribution >= 4 is 18.0 Å². The highest BCUT2D eigenvalue weighted by Crippen LogP contribution is 2.22. The molecule has 1 unspecified atom stereocenters. The highest BCUT2D eigenvalue weighted by molar-refractivity contribution is 6.01. The van der Waals surface area contributed by atoms with Crippen LogP contribution in [0.15, 0.2) is 11.6 Å². The van der Waals surface area contributed by atoms with Crippen LogP contribution in [0.4, 0.5) is 0 Å². The van der Waals surface area contributed by atoms with Crippen LogP contribution in [0.1, 0.15) is 42.6 Å². The molecular weight excluding hydrogens is 358 g/mol. The van der Waals surface area contributed by atoms with Gasteiger partial charge in [0, 0.05) is 44.6 Å². The van der Waals surface area contributed by atoms with Crippen LogP contribution >= 0.6 is 0 Å². The lowest BCUT2D eigenvalue weighted by atomic mass is 10.1. The van der Waals surface area contributed by atoms with Crippen LogP contribution in [-0.2, 0) is 25.6 Å². The van der Waals surface area contributed by atoms with Crippen molar-refractivity contribution in [1.29, 1.82) is 5.26 Å². The minimum Gasteiger partial charge on any atom is -0.469 e. The molecule has 0 bridgehead atoms. The number of amides is 1. The number of aromatic nitrogens is 1. The van der Waals surface area contributed by atoms with E-state index in [-0.39, 0.29) is 30.0 Å². The molecule has 0 radical (unpaired) electrons. The quantitative estimate of drug-likeness (QED) is 0.389. The van der Waals surface area contributed by atoms with Gasteiger partial charge in [-0.3, -0.25) is 9.59 Å². The number of hydrogen-bond acceptors (Lipinski definition) is 5. The van der Waals surface area contributed by atoms with Crippen LogP contribution in [0.2, 0.25) is 0 Å². The van der Waals surface area contributed by atoms with Gasteiger partial charge in [0.05, 0.1) is 13.2 Å². The van der Waals surface area contributed by atoms with E-state index in [4.69, 9.17) is 4.74 Å². The minimum absolute atomic E-state index is 0.0814. The normalized spacial score (nSPS) is 16.7. The monoisotopic (exact) mass is 387 g/mol. The molecule has 7 nitrogen and oxygen atoms in total. The standard InChI is InChI=1S/C21H29N3O4/c1-15-11-17(16(2)24(15)14-19-7-6-10-28-19)12-18(13-22)21(26)23(3)9-5-8-20(25)27-4/h11-12,19H,5-10,14H2,1-4H3/b18-12+. The summed E-state index contributed by atoms with van der Waals surface area (Å²) in [4.78, 5) is 25.2. The third-order valence-electron chi connectivity index (χ3n) is 5.12. The minimum atomic E-state index is -0.351. The fourth-order valence-corrected chi connectivity index (χ4v) is 3.41. The average molecular weight is 387 g/mol. The fraction of sp³-hybridized carbons (Fsp3) is 0.571. The zero-order chi connectivity index (χ0) is 20.7. The number of ether oxygens (including phenoxy) is 2. The first kappa shape index (κ1) is 21.7. The summed E-state index contributed by atoms with van der Waals surface area (Å²) in [6.45, 7) is 5.99. The number of aryl methyl sites for hydroxylation is 1. The predicted molar refractivity (Wildman–Crippen MR) is 105 cm³/mol. The summed E-state index contributed by atoms with van der Waals surface area (Å²) in [5.74, 6) is -0.660. The Balaban J connectivity index is 2.09. The van der Waals surface area contributed by atoms with E-state index in [2.05, 4.69) is 9.30 Å². The van der Waals surface area contributed by atoms with E-state index >= 15 is 0 Å². The summed E-state index contributed by atoms with van der Waals surface area (Å²) in [6, 6.07) is 4.01. The lowest BCUT2D eigenvalue weighted by Gasteiger charge is -2.16. The van der Waals surface area contributed by atoms with Gasteiger partial charge in [-0.2, -0.15) is 5.26 Å². The first-order valence-electron chi connectivity index (χ1n) is 9.59. The maximum absolute atomic E-state index is 12.6. The lowest BCUT2D eigenvalue weighted by molar-refractivity contribution is -0.141. The van der Waals surface area contributed by atoms with Crippen LogP contribution < -0.4 is 0 Å². The van der Waals surface area contributed by atoms with Crippen LogP contribution in [0.5, 0.6) is 0 Å². The molecule has 28 heavy (non-hydrogen) atoms. The average Bonchev–Trinajstić information content (AvgIpc) is 3.29. The molecule has 1 aromatic heterocycles. The highest BCUT2D eigenvalue weighted by Gasteiger charge is 2.20. The molecule has 1 saturated heterocycles. The Bertz CT molecular complexity index is 782. The van der Waals surface area contributed by atoms with E-state index in [9.17, 15) is 14.9 Å². The SMILES string of the molecule is COC(=O)CCCN(C)C(=O)/C(C#N)=C/c1cc(C)n(CC2CCCO2)c1C. The van der Waals surface area contributed by atoms with Crippen LogP contribution in [0.3, 0.4) is 0 Å². The summed E-state index contributed by atoms with van der Waals surface area (Å²) < 4.78 is 12.5. The molecule has 0 saturated carbocycles. The van der Waals surface area contributed by atoms with Gasteiger partial charge in [0.2, 0.25) is 0 Å². The van der Waals surface area contributed by atoms with E-state index in [1.165, 1.54) is 12.0 Å². The zero-order valence-corrected chi connectivity index (χ0v) is 17.2. The second-order valence-corrected chi connectivity index (χ2v) is 7.15. The molecule has 1 fully saturated rings. The smallest absolute Gasteiger partial charge is 0.305 e. The lowest BCUT2D eigenvalue weighted by Crippen LogP contribution is -2.29. The van der Waals surface area contributed by atoms with Crippen molar-refractivity contribution in [2.45, 2.75) is 52.2 Å². The molecule has 2 heterocycles. The Kier molecular flexibility index (Phi) is 7.82. The van der Waals surface area contributed by atoms with E-state index in [0.717, 1.165) is 42.9 Å². The third kappa shape index (κ3) is 5.46. The number of likely N-dealkylation sites (N-methyl/N-ethyl adjacent to an activating group) is 1. The number of carbonyl (C=O) groups is 2. The van der Waals surface area contributed by atoms with E-state index < -0.39 is 0 Å². The summed E-state index contributed by atoms with van der Waals surface area (Å²) in [7, 11) is 2.97. The molecule has 0 N–H and O–H groups in total. The van der Waals surface area contributed by atoms with Crippen molar-refractivity contribution in [3.8, 4) is 6.07 Å². The molecule has 7 heteroatoms. The Hall–Kier alpha value is -2.59. The van der Waals surface area contributed by atoms with Crippen molar-refractivity contribution in [2.75, 3.05) is 27.3 Å². The van der Waals surface area contributed by atoms with E-state index in [1.807, 2.05) is 26.0 Å². The first-order valence-corrected chi connectivity index (χ1v) is 9.59. The number of esters is 1. The molecule has 1 aromatic rings. The van der Waals surface area contributed by atoms with Gasteiger partial charge in [-0.25, -0.2) is 0 Å². The maximum Gasteiger partial charge on any atom is 0.305 e. The molecule has 1 aliphatic rings. The van der Waals surface area contributed by atoms with Gasteiger partial charge in [-0.15, -0.1) is 0 Å². The van der Waals surface area contributed by atoms with Crippen molar-refractivity contribution < 1.29 is 19.1 Å². The molecule has 2 rings (SSSR count). The Morgan fingerprint density at radius 2 is 2.21 bits per heavy atom. The van der Waals surface area contributed by atoms with Crippen LogP contribution in [-0.4, -0.2) is 54.8 Å². The summed E-state index contributed by atoms with van der Waals surface area (Å²) in [5, 5.41) is 9.49. The molecule has 0 aromatic carbocycles. The van der Waals surface area contributed by atoms with Gasteiger partial charge >= 0.3 is 5.97 Å². The summed E-state index contributed by atoms with van der Waals surface area (Å²) in [5.41, 5.74) is 3.04. The van der Waals surface area contributed by atoms with Crippen molar-refractivity contribution in [3.63, 3.8) is 0 Å². The molecule has 0 aliphatic carbocycles. The number of hydrogen-bond donors (Lipinski definition) is 0. The second kappa shape index (κ2) is 10.1. The second-order valence-electron chi connectivity index (χ2n) is 7.15. The van der Waals surface area contributed by atoms with Crippen molar-refractivity contribution in [2.24, 2.45) is 0 Å². The van der Waals surface area contributed by atoms with E-state index in [1.54, 1.807) is 13.1 Å². The van der Waals surface area contributed by atoms with E-state index in [0.29, 0.717) is 13.0 Å². The van der Waals surface area contributed by atoms with Crippen LogP contribution in [0.25, 0.3) is 6.08 Å². The van der Waals surface area contributed by atoms with Gasteiger partial charge < -0.3 is 18.9 Å². The van der Waals surface area contributed by atoms with Crippen molar-refractivity contribution in [3.05, 3.63) is 28.6 Å².